The van der Waals surface area contributed by atoms with Crippen LogP contribution in [0.3, 0.4) is 0 Å². The maximum absolute atomic E-state index is 13.4. The summed E-state index contributed by atoms with van der Waals surface area (Å²) in [6.45, 7) is 0.709. The van der Waals surface area contributed by atoms with Gasteiger partial charge < -0.3 is 4.55 Å². The molecule has 2 aromatic heterocycles. The molecule has 0 saturated carbocycles. The van der Waals surface area contributed by atoms with Gasteiger partial charge in [0.25, 0.3) is 5.92 Å². The monoisotopic (exact) mass is 332 g/mol. The van der Waals surface area contributed by atoms with Crippen LogP contribution in [0.5, 0.6) is 0 Å². The number of nitrogens with zero attached hydrogens (tertiary/aromatic N) is 4. The molecule has 7 nitrogen and oxygen atoms in total. The van der Waals surface area contributed by atoms with Crippen molar-refractivity contribution in [2.45, 2.75) is 19.4 Å². The fourth-order valence-electron chi connectivity index (χ4n) is 1.89. The highest BCUT2D eigenvalue weighted by atomic mass is 32.2. The second-order valence-corrected chi connectivity index (χ2v) is 6.39. The summed E-state index contributed by atoms with van der Waals surface area (Å²) in [7, 11) is -2.89. The largest absolute Gasteiger partial charge is 0.748 e. The van der Waals surface area contributed by atoms with E-state index in [2.05, 4.69) is 10.2 Å². The van der Waals surface area contributed by atoms with Gasteiger partial charge in [-0.2, -0.15) is 13.9 Å². The van der Waals surface area contributed by atoms with Crippen LogP contribution in [0.25, 0.3) is 11.3 Å². The summed E-state index contributed by atoms with van der Waals surface area (Å²) in [5.41, 5.74) is 0.610. The molecule has 0 fully saturated rings. The molecule has 0 aromatic carbocycles. The second-order valence-electron chi connectivity index (χ2n) is 4.87. The molecule has 10 heteroatoms. The SMILES string of the molecule is Cn1nc(-c2cc[n+](CCS(=O)(=O)[O-])nc2)cc1C(C)(F)F. The third kappa shape index (κ3) is 4.04. The summed E-state index contributed by atoms with van der Waals surface area (Å²) >= 11 is 0. The quantitative estimate of drug-likeness (QED) is 0.585. The minimum atomic E-state index is -4.31. The minimum Gasteiger partial charge on any atom is -0.748 e. The predicted octanol–water partition coefficient (Wildman–Crippen LogP) is 0.427. The van der Waals surface area contributed by atoms with Gasteiger partial charge in [-0.05, 0) is 11.2 Å². The van der Waals surface area contributed by atoms with Crippen LogP contribution in [0, 0.1) is 0 Å². The third-order valence-corrected chi connectivity index (χ3v) is 3.65. The number of rotatable bonds is 5. The van der Waals surface area contributed by atoms with Gasteiger partial charge in [0.05, 0.1) is 11.4 Å². The van der Waals surface area contributed by atoms with Gasteiger partial charge in [0.15, 0.2) is 12.7 Å². The molecule has 2 heterocycles. The van der Waals surface area contributed by atoms with E-state index >= 15 is 0 Å². The van der Waals surface area contributed by atoms with Gasteiger partial charge >= 0.3 is 0 Å². The van der Waals surface area contributed by atoms with Gasteiger partial charge in [0.2, 0.25) is 0 Å². The summed E-state index contributed by atoms with van der Waals surface area (Å²) in [6.07, 6.45) is 2.83. The molecule has 0 aliphatic heterocycles. The van der Waals surface area contributed by atoms with Crippen molar-refractivity contribution >= 4 is 10.1 Å². The molecule has 0 amide bonds. The summed E-state index contributed by atoms with van der Waals surface area (Å²) in [6, 6.07) is 2.83. The van der Waals surface area contributed by atoms with Crippen molar-refractivity contribution in [1.29, 1.82) is 0 Å². The van der Waals surface area contributed by atoms with Gasteiger partial charge in [-0.25, -0.2) is 8.42 Å². The molecule has 22 heavy (non-hydrogen) atoms. The van der Waals surface area contributed by atoms with Crippen molar-refractivity contribution < 1.29 is 26.4 Å². The molecule has 2 aromatic rings. The zero-order valence-corrected chi connectivity index (χ0v) is 12.7. The van der Waals surface area contributed by atoms with E-state index in [-0.39, 0.29) is 12.2 Å². The van der Waals surface area contributed by atoms with Crippen LogP contribution in [-0.4, -0.2) is 33.6 Å². The van der Waals surface area contributed by atoms with Crippen molar-refractivity contribution in [2.75, 3.05) is 5.75 Å². The van der Waals surface area contributed by atoms with Gasteiger partial charge in [-0.1, -0.05) is 4.68 Å². The fraction of sp³-hybridized carbons (Fsp3) is 0.417. The molecule has 0 atom stereocenters. The van der Waals surface area contributed by atoms with Crippen LogP contribution in [0.2, 0.25) is 0 Å². The lowest BCUT2D eigenvalue weighted by molar-refractivity contribution is -0.750. The van der Waals surface area contributed by atoms with Crippen LogP contribution in [0.15, 0.2) is 24.5 Å². The zero-order valence-electron chi connectivity index (χ0n) is 11.9. The molecule has 0 radical (unpaired) electrons. The van der Waals surface area contributed by atoms with Crippen LogP contribution in [-0.2, 0) is 29.6 Å². The Morgan fingerprint density at radius 3 is 2.59 bits per heavy atom. The van der Waals surface area contributed by atoms with Crippen LogP contribution < -0.4 is 4.68 Å². The van der Waals surface area contributed by atoms with E-state index in [1.165, 1.54) is 30.2 Å². The smallest absolute Gasteiger partial charge is 0.286 e. The molecule has 0 unspecified atom stereocenters. The van der Waals surface area contributed by atoms with E-state index in [0.717, 1.165) is 11.6 Å². The lowest BCUT2D eigenvalue weighted by Crippen LogP contribution is -2.40. The average Bonchev–Trinajstić information content (AvgIpc) is 2.78. The number of hydrogen-bond donors (Lipinski definition) is 0. The zero-order chi connectivity index (χ0) is 16.5. The first kappa shape index (κ1) is 16.4. The normalized spacial score (nSPS) is 12.6. The molecule has 0 N–H and O–H groups in total. The minimum absolute atomic E-state index is 0.0768. The van der Waals surface area contributed by atoms with Crippen LogP contribution in [0.4, 0.5) is 8.78 Å². The summed E-state index contributed by atoms with van der Waals surface area (Å²) < 4.78 is 60.7. The maximum Gasteiger partial charge on any atom is 0.286 e. The van der Waals surface area contributed by atoms with Gasteiger partial charge in [0.1, 0.15) is 22.0 Å². The Labute approximate surface area is 125 Å². The Morgan fingerprint density at radius 1 is 1.45 bits per heavy atom. The van der Waals surface area contributed by atoms with Gasteiger partial charge in [-0.15, -0.1) is 0 Å². The number of alkyl halides is 2. The Morgan fingerprint density at radius 2 is 2.14 bits per heavy atom. The van der Waals surface area contributed by atoms with E-state index in [4.69, 9.17) is 0 Å². The molecule has 0 bridgehead atoms. The van der Waals surface area contributed by atoms with Crippen molar-refractivity contribution in [3.05, 3.63) is 30.2 Å². The Bertz CT molecular complexity index is 767. The van der Waals surface area contributed by atoms with Gasteiger partial charge in [0, 0.05) is 25.6 Å². The lowest BCUT2D eigenvalue weighted by atomic mass is 10.2. The maximum atomic E-state index is 13.4. The Balaban J connectivity index is 2.21. The fourth-order valence-corrected chi connectivity index (χ4v) is 2.30. The van der Waals surface area contributed by atoms with Crippen molar-refractivity contribution in [1.82, 2.24) is 14.9 Å². The van der Waals surface area contributed by atoms with E-state index < -0.39 is 21.8 Å². The molecule has 0 saturated heterocycles. The molecule has 0 aliphatic carbocycles. The first-order chi connectivity index (χ1) is 10.1. The molecule has 2 rings (SSSR count). The molecular weight excluding hydrogens is 318 g/mol. The number of halogens is 2. The topological polar surface area (TPSA) is 91.8 Å². The predicted molar refractivity (Wildman–Crippen MR) is 70.8 cm³/mol. The van der Waals surface area contributed by atoms with Crippen molar-refractivity contribution in [3.63, 3.8) is 0 Å². The number of aromatic nitrogens is 4. The molecular formula is C12H14F2N4O3S. The second kappa shape index (κ2) is 5.69. The van der Waals surface area contributed by atoms with Crippen LogP contribution >= 0.6 is 0 Å². The first-order valence-electron chi connectivity index (χ1n) is 6.28. The number of aryl methyl sites for hydroxylation is 2. The lowest BCUT2D eigenvalue weighted by Gasteiger charge is -2.08. The highest BCUT2D eigenvalue weighted by Crippen LogP contribution is 2.29. The summed E-state index contributed by atoms with van der Waals surface area (Å²) in [4.78, 5) is 0. The van der Waals surface area contributed by atoms with Gasteiger partial charge in [-0.3, -0.25) is 4.68 Å². The Hall–Kier alpha value is -1.94. The summed E-state index contributed by atoms with van der Waals surface area (Å²) in [5.74, 6) is -3.58. The van der Waals surface area contributed by atoms with E-state index in [0.29, 0.717) is 11.3 Å². The van der Waals surface area contributed by atoms with Crippen molar-refractivity contribution in [3.8, 4) is 11.3 Å². The highest BCUT2D eigenvalue weighted by Gasteiger charge is 2.29. The first-order valence-corrected chi connectivity index (χ1v) is 7.86. The Kier molecular flexibility index (Phi) is 4.25. The third-order valence-electron chi connectivity index (χ3n) is 2.97. The van der Waals surface area contributed by atoms with E-state index in [9.17, 15) is 21.8 Å². The number of hydrogen-bond acceptors (Lipinski definition) is 5. The van der Waals surface area contributed by atoms with E-state index in [1.807, 2.05) is 0 Å². The molecule has 120 valence electrons. The molecule has 0 spiro atoms. The van der Waals surface area contributed by atoms with Crippen LogP contribution in [0.1, 0.15) is 12.6 Å². The van der Waals surface area contributed by atoms with Crippen molar-refractivity contribution in [2.24, 2.45) is 7.05 Å². The molecule has 0 aliphatic rings. The average molecular weight is 332 g/mol. The summed E-state index contributed by atoms with van der Waals surface area (Å²) in [5, 5.41) is 7.94. The standard InChI is InChI=1S/C12H14F2N4O3S/c1-12(13,14)11-7-10(16-17(11)2)9-3-4-18(15-8-9)5-6-22(19,20)21/h3-4,7-8H,5-6H2,1-2H3. The highest BCUT2D eigenvalue weighted by molar-refractivity contribution is 7.85. The van der Waals surface area contributed by atoms with E-state index in [1.54, 1.807) is 6.07 Å².